The molecule has 13 N–H and O–H groups in total. The van der Waals surface area contributed by atoms with Gasteiger partial charge in [-0.1, -0.05) is 98.9 Å². The van der Waals surface area contributed by atoms with Gasteiger partial charge in [-0.25, -0.2) is 0 Å². The molecule has 2 saturated heterocycles. The second kappa shape index (κ2) is 27.4. The number of hydrogen-bond acceptors (Lipinski definition) is 17. The average molecular weight is 924 g/mol. The number of aliphatic hydroxyl groups excluding tert-OH is 9. The Labute approximate surface area is 381 Å². The number of esters is 1. The van der Waals surface area contributed by atoms with Crippen LogP contribution < -0.4 is 5.73 Å². The molecule has 3 rings (SSSR count). The molecule has 0 radical (unpaired) electrons. The van der Waals surface area contributed by atoms with Crippen LogP contribution in [0.25, 0.3) is 0 Å². The summed E-state index contributed by atoms with van der Waals surface area (Å²) < 4.78 is 23.1. The minimum Gasteiger partial charge on any atom is -0.481 e. The molecule has 2 fully saturated rings. The lowest BCUT2D eigenvalue weighted by atomic mass is 9.82. The molecule has 368 valence electrons. The van der Waals surface area contributed by atoms with E-state index in [0.717, 1.165) is 0 Å². The van der Waals surface area contributed by atoms with Crippen LogP contribution in [0.15, 0.2) is 85.1 Å². The summed E-state index contributed by atoms with van der Waals surface area (Å²) in [6.45, 7) is 6.74. The summed E-state index contributed by atoms with van der Waals surface area (Å²) in [7, 11) is 0. The second-order valence-corrected chi connectivity index (χ2v) is 17.6. The zero-order valence-corrected chi connectivity index (χ0v) is 37.6. The minimum atomic E-state index is -2.33. The Morgan fingerprint density at radius 2 is 1.23 bits per heavy atom. The first-order valence-corrected chi connectivity index (χ1v) is 22.3. The van der Waals surface area contributed by atoms with Crippen molar-refractivity contribution in [1.29, 1.82) is 0 Å². The Morgan fingerprint density at radius 3 is 1.82 bits per heavy atom. The lowest BCUT2D eigenvalue weighted by Gasteiger charge is -2.45. The van der Waals surface area contributed by atoms with Crippen LogP contribution in [0.2, 0.25) is 0 Å². The highest BCUT2D eigenvalue weighted by atomic mass is 16.7. The molecular formula is C47H73NO17. The van der Waals surface area contributed by atoms with Gasteiger partial charge in [0.2, 0.25) is 0 Å². The molecule has 0 aromatic carbocycles. The van der Waals surface area contributed by atoms with Gasteiger partial charge in [0, 0.05) is 37.5 Å². The van der Waals surface area contributed by atoms with E-state index in [1.165, 1.54) is 13.0 Å². The highest BCUT2D eigenvalue weighted by Gasteiger charge is 2.51. The van der Waals surface area contributed by atoms with E-state index in [0.29, 0.717) is 0 Å². The number of aliphatic carboxylic acids is 1. The van der Waals surface area contributed by atoms with Crippen LogP contribution in [0.4, 0.5) is 0 Å². The number of carboxylic acid groups (broad SMARTS) is 1. The van der Waals surface area contributed by atoms with Gasteiger partial charge >= 0.3 is 11.9 Å². The van der Waals surface area contributed by atoms with Gasteiger partial charge in [-0.15, -0.1) is 0 Å². The average Bonchev–Trinajstić information content (AvgIpc) is 3.21. The van der Waals surface area contributed by atoms with Gasteiger partial charge in [-0.05, 0) is 33.1 Å². The monoisotopic (exact) mass is 923 g/mol. The topological polar surface area (TPSA) is 320 Å². The molecule has 19 atom stereocenters. The van der Waals surface area contributed by atoms with E-state index in [4.69, 9.17) is 24.7 Å². The fraction of sp³-hybridized carbons (Fsp3) is 0.660. The van der Waals surface area contributed by atoms with Crippen molar-refractivity contribution in [3.63, 3.8) is 0 Å². The third kappa shape index (κ3) is 18.6. The third-order valence-electron chi connectivity index (χ3n) is 12.0. The number of nitrogens with two attached hydrogens (primary N) is 1. The molecule has 65 heavy (non-hydrogen) atoms. The molecule has 0 aromatic heterocycles. The molecule has 2 bridgehead atoms. The number of carboxylic acids is 1. The number of carbonyl (C=O) groups is 2. The Balaban J connectivity index is 1.86. The van der Waals surface area contributed by atoms with Crippen LogP contribution in [0, 0.1) is 17.8 Å². The molecule has 3 aliphatic heterocycles. The predicted octanol–water partition coefficient (Wildman–Crippen LogP) is 0.712. The van der Waals surface area contributed by atoms with E-state index in [1.807, 2.05) is 19.1 Å². The summed E-state index contributed by atoms with van der Waals surface area (Å²) in [5.41, 5.74) is 6.02. The quantitative estimate of drug-likeness (QED) is 0.174. The SMILES string of the molecule is C[C@@H]1[C@H](O)[C@@H](C)/C=C/C=C/C=C/C=C/C=C/C=C/C=C/[C@H](O[C@H]2O[C@@H](C)[C@H](O)[C@@H](N)[C@H]2O)C[C@H]2O[C@](O)(C[C@@H](O)C[C@@H](O)[C@@H](O)CC[C@@H](O)C[C@@H](O)CC(=O)O[C@H]1C)C[C@H](O)[C@@H]2C(=O)O. The predicted molar refractivity (Wildman–Crippen MR) is 237 cm³/mol. The number of aliphatic hydroxyl groups is 10. The number of ether oxygens (including phenoxy) is 4. The molecular weight excluding hydrogens is 851 g/mol. The molecule has 18 nitrogen and oxygen atoms in total. The molecule has 0 saturated carbocycles. The summed E-state index contributed by atoms with van der Waals surface area (Å²) in [4.78, 5) is 25.1. The maximum atomic E-state index is 12.6. The largest absolute Gasteiger partial charge is 0.481 e. The summed E-state index contributed by atoms with van der Waals surface area (Å²) in [6, 6.07) is -1.15. The summed E-state index contributed by atoms with van der Waals surface area (Å²) in [5.74, 6) is -6.83. The van der Waals surface area contributed by atoms with Gasteiger partial charge in [0.05, 0.1) is 79.6 Å². The van der Waals surface area contributed by atoms with Crippen molar-refractivity contribution >= 4 is 11.9 Å². The van der Waals surface area contributed by atoms with E-state index in [9.17, 15) is 65.8 Å². The van der Waals surface area contributed by atoms with E-state index < -0.39 is 147 Å². The van der Waals surface area contributed by atoms with Crippen LogP contribution >= 0.6 is 0 Å². The highest BCUT2D eigenvalue weighted by Crippen LogP contribution is 2.38. The van der Waals surface area contributed by atoms with Crippen LogP contribution in [-0.2, 0) is 28.5 Å². The van der Waals surface area contributed by atoms with Crippen molar-refractivity contribution in [3.8, 4) is 0 Å². The molecule has 0 spiro atoms. The van der Waals surface area contributed by atoms with Gasteiger partial charge in [-0.2, -0.15) is 0 Å². The van der Waals surface area contributed by atoms with E-state index in [-0.39, 0.29) is 31.6 Å². The minimum absolute atomic E-state index is 0.107. The molecule has 3 aliphatic rings. The van der Waals surface area contributed by atoms with Gasteiger partial charge in [-0.3, -0.25) is 9.59 Å². The maximum Gasteiger partial charge on any atom is 0.311 e. The summed E-state index contributed by atoms with van der Waals surface area (Å²) >= 11 is 0. The second-order valence-electron chi connectivity index (χ2n) is 17.6. The van der Waals surface area contributed by atoms with Gasteiger partial charge in [0.15, 0.2) is 12.1 Å². The molecule has 0 aromatic rings. The van der Waals surface area contributed by atoms with Crippen LogP contribution in [0.3, 0.4) is 0 Å². The van der Waals surface area contributed by atoms with Crippen molar-refractivity contribution in [2.75, 3.05) is 0 Å². The standard InChI is InChI=1S/C47H73NO17/c1-27-17-15-13-11-9-7-5-6-8-10-12-14-16-18-34(64-46-44(58)41(48)43(57)30(4)63-46)24-38-40(45(59)60)37(54)26-47(61,65-38)25-33(51)22-36(53)35(52)20-19-31(49)21-32(50)23-39(55)62-29(3)28(2)42(27)56/h5-18,27-38,40-44,46,49-54,56-58,61H,19-26,48H2,1-4H3,(H,59,60)/b6-5+,9-7+,10-8+,13-11+,14-12+,17-15+,18-16+/t27-,28-,29-,30-,31+,32+,33-,34-,35-,36+,37-,38+,40-,41+,42+,43-,44+,46+,47+/m0/s1. The van der Waals surface area contributed by atoms with Crippen molar-refractivity contribution in [2.45, 2.75) is 177 Å². The summed E-state index contributed by atoms with van der Waals surface area (Å²) in [5, 5.41) is 118. The number of rotatable bonds is 3. The number of cyclic esters (lactones) is 1. The first-order chi connectivity index (χ1) is 30.6. The normalized spacial score (nSPS) is 45.5. The smallest absolute Gasteiger partial charge is 0.311 e. The molecule has 3 heterocycles. The number of carbonyl (C=O) groups excluding carboxylic acids is 1. The van der Waals surface area contributed by atoms with Gasteiger partial charge in [0.25, 0.3) is 0 Å². The van der Waals surface area contributed by atoms with Crippen molar-refractivity contribution in [1.82, 2.24) is 0 Å². The fourth-order valence-corrected chi connectivity index (χ4v) is 7.97. The number of hydrogen-bond donors (Lipinski definition) is 12. The number of fused-ring (bicyclic) bond motifs is 2. The molecule has 18 heteroatoms. The fourth-order valence-electron chi connectivity index (χ4n) is 7.97. The zero-order valence-electron chi connectivity index (χ0n) is 37.6. The lowest BCUT2D eigenvalue weighted by Crippen LogP contribution is -2.61. The van der Waals surface area contributed by atoms with Crippen LogP contribution in [0.1, 0.15) is 79.1 Å². The first kappa shape index (κ1) is 55.9. The maximum absolute atomic E-state index is 12.6. The number of allylic oxidation sites excluding steroid dienone is 12. The van der Waals surface area contributed by atoms with Crippen molar-refractivity contribution in [2.24, 2.45) is 23.5 Å². The van der Waals surface area contributed by atoms with Crippen molar-refractivity contribution < 1.29 is 84.7 Å². The third-order valence-corrected chi connectivity index (χ3v) is 12.0. The molecule has 0 unspecified atom stereocenters. The van der Waals surface area contributed by atoms with E-state index in [2.05, 4.69) is 0 Å². The van der Waals surface area contributed by atoms with Crippen molar-refractivity contribution in [3.05, 3.63) is 85.1 Å². The van der Waals surface area contributed by atoms with Crippen LogP contribution in [0.5, 0.6) is 0 Å². The first-order valence-electron chi connectivity index (χ1n) is 22.3. The Bertz CT molecular complexity index is 1670. The Hall–Kier alpha value is -3.44. The Kier molecular flexibility index (Phi) is 23.6. The highest BCUT2D eigenvalue weighted by molar-refractivity contribution is 5.71. The van der Waals surface area contributed by atoms with Gasteiger partial charge < -0.3 is 80.9 Å². The zero-order chi connectivity index (χ0) is 48.4. The van der Waals surface area contributed by atoms with Crippen LogP contribution in [-0.4, -0.2) is 166 Å². The Morgan fingerprint density at radius 1 is 0.662 bits per heavy atom. The van der Waals surface area contributed by atoms with Gasteiger partial charge in [0.1, 0.15) is 18.1 Å². The van der Waals surface area contributed by atoms with E-state index >= 15 is 0 Å². The molecule has 0 amide bonds. The van der Waals surface area contributed by atoms with E-state index in [1.54, 1.807) is 80.7 Å². The summed E-state index contributed by atoms with van der Waals surface area (Å²) in [6.07, 6.45) is 3.46. The molecule has 0 aliphatic carbocycles. The lowest BCUT2D eigenvalue weighted by molar-refractivity contribution is -0.308.